The lowest BCUT2D eigenvalue weighted by atomic mass is 10.1. The highest BCUT2D eigenvalue weighted by molar-refractivity contribution is 6.09. The Hall–Kier alpha value is -4.13. The van der Waals surface area contributed by atoms with E-state index in [1.807, 2.05) is 30.7 Å². The third-order valence-corrected chi connectivity index (χ3v) is 5.71. The number of aromatic nitrogens is 1. The Morgan fingerprint density at radius 3 is 2.38 bits per heavy atom. The minimum atomic E-state index is -0.539. The van der Waals surface area contributed by atoms with Crippen LogP contribution in [0, 0.1) is 0 Å². The van der Waals surface area contributed by atoms with Gasteiger partial charge in [-0.05, 0) is 54.4 Å². The first-order valence-electron chi connectivity index (χ1n) is 10.8. The van der Waals surface area contributed by atoms with Gasteiger partial charge in [0.2, 0.25) is 0 Å². The van der Waals surface area contributed by atoms with Gasteiger partial charge in [-0.1, -0.05) is 30.3 Å². The minimum Gasteiger partial charge on any atom is -0.465 e. The van der Waals surface area contributed by atoms with Crippen molar-refractivity contribution in [3.63, 3.8) is 0 Å². The fourth-order valence-electron chi connectivity index (χ4n) is 3.83. The first-order valence-corrected chi connectivity index (χ1v) is 10.8. The van der Waals surface area contributed by atoms with Gasteiger partial charge in [0.1, 0.15) is 18.2 Å². The zero-order valence-corrected chi connectivity index (χ0v) is 19.2. The van der Waals surface area contributed by atoms with E-state index < -0.39 is 12.6 Å². The van der Waals surface area contributed by atoms with Crippen LogP contribution in [-0.4, -0.2) is 23.6 Å². The van der Waals surface area contributed by atoms with Crippen molar-refractivity contribution in [1.29, 1.82) is 0 Å². The Labute approximate surface area is 196 Å². The number of halogens is 1. The molecule has 0 aliphatic heterocycles. The minimum absolute atomic E-state index is 0.251. The Bertz CT molecular complexity index is 1330. The Morgan fingerprint density at radius 2 is 1.74 bits per heavy atom. The number of nitrogens with one attached hydrogen (secondary N) is 1. The molecule has 1 atom stereocenters. The fourth-order valence-corrected chi connectivity index (χ4v) is 3.83. The fraction of sp³-hybridized carbons (Fsp3) is 0.185. The maximum atomic E-state index is 13.3. The highest BCUT2D eigenvalue weighted by Crippen LogP contribution is 2.34. The number of esters is 1. The molecule has 3 aromatic carbocycles. The van der Waals surface area contributed by atoms with Gasteiger partial charge in [-0.2, -0.15) is 0 Å². The molecule has 0 radical (unpaired) electrons. The van der Waals surface area contributed by atoms with Crippen LogP contribution in [0.25, 0.3) is 10.9 Å². The Balaban J connectivity index is 1.60. The number of fused-ring (bicyclic) bond motifs is 1. The lowest BCUT2D eigenvalue weighted by molar-refractivity contribution is 0.0600. The second-order valence-corrected chi connectivity index (χ2v) is 7.99. The van der Waals surface area contributed by atoms with E-state index in [1.54, 1.807) is 60.8 Å². The summed E-state index contributed by atoms with van der Waals surface area (Å²) in [5.41, 5.74) is 3.19. The van der Waals surface area contributed by atoms with E-state index in [1.165, 1.54) is 7.11 Å². The number of nitrogens with zero attached hydrogens (tertiary/aromatic N) is 1. The number of aryl methyl sites for hydroxylation is 1. The SMILES string of the molecule is COC(=O)c1ccc(C(C)NC(=O)c2cn(C)c3cccc(Oc4ccc(CF)cc4)c23)cc1. The van der Waals surface area contributed by atoms with Gasteiger partial charge in [0.15, 0.2) is 0 Å². The van der Waals surface area contributed by atoms with Crippen LogP contribution in [-0.2, 0) is 18.5 Å². The molecule has 34 heavy (non-hydrogen) atoms. The van der Waals surface area contributed by atoms with E-state index in [0.717, 1.165) is 11.1 Å². The molecule has 0 aliphatic carbocycles. The summed E-state index contributed by atoms with van der Waals surface area (Å²) in [6.07, 6.45) is 1.77. The van der Waals surface area contributed by atoms with Crippen LogP contribution in [0.15, 0.2) is 72.9 Å². The molecule has 1 N–H and O–H groups in total. The lowest BCUT2D eigenvalue weighted by Gasteiger charge is -2.15. The van der Waals surface area contributed by atoms with Crippen LogP contribution >= 0.6 is 0 Å². The number of rotatable bonds is 7. The highest BCUT2D eigenvalue weighted by Gasteiger charge is 2.20. The molecule has 0 spiro atoms. The first kappa shape index (κ1) is 23.0. The summed E-state index contributed by atoms with van der Waals surface area (Å²) >= 11 is 0. The first-order chi connectivity index (χ1) is 16.4. The van der Waals surface area contributed by atoms with Crippen LogP contribution in [0.2, 0.25) is 0 Å². The average Bonchev–Trinajstić information content (AvgIpc) is 3.21. The molecule has 1 unspecified atom stereocenters. The maximum Gasteiger partial charge on any atom is 0.337 e. The summed E-state index contributed by atoms with van der Waals surface area (Å²) in [4.78, 5) is 24.9. The van der Waals surface area contributed by atoms with Crippen LogP contribution in [0.4, 0.5) is 4.39 Å². The normalized spacial score (nSPS) is 11.8. The Morgan fingerprint density at radius 1 is 1.03 bits per heavy atom. The molecule has 4 aromatic rings. The number of benzene rings is 3. The summed E-state index contributed by atoms with van der Waals surface area (Å²) in [5, 5.41) is 3.71. The molecule has 0 saturated heterocycles. The molecule has 0 bridgehead atoms. The number of carbonyl (C=O) groups is 2. The average molecular weight is 461 g/mol. The van der Waals surface area contributed by atoms with E-state index in [9.17, 15) is 14.0 Å². The van der Waals surface area contributed by atoms with Crippen LogP contribution in [0.5, 0.6) is 11.5 Å². The molecular weight excluding hydrogens is 435 g/mol. The number of amides is 1. The zero-order valence-electron chi connectivity index (χ0n) is 19.2. The second-order valence-electron chi connectivity index (χ2n) is 7.99. The van der Waals surface area contributed by atoms with Gasteiger partial charge in [-0.25, -0.2) is 9.18 Å². The van der Waals surface area contributed by atoms with Crippen molar-refractivity contribution in [3.8, 4) is 11.5 Å². The van der Waals surface area contributed by atoms with Crippen molar-refractivity contribution in [1.82, 2.24) is 9.88 Å². The number of hydrogen-bond donors (Lipinski definition) is 1. The monoisotopic (exact) mass is 460 g/mol. The van der Waals surface area contributed by atoms with E-state index in [-0.39, 0.29) is 11.9 Å². The van der Waals surface area contributed by atoms with Crippen molar-refractivity contribution < 1.29 is 23.5 Å². The molecule has 7 heteroatoms. The predicted octanol–water partition coefficient (Wildman–Crippen LogP) is 5.72. The van der Waals surface area contributed by atoms with Crippen molar-refractivity contribution in [3.05, 3.63) is 95.2 Å². The maximum absolute atomic E-state index is 13.3. The van der Waals surface area contributed by atoms with Gasteiger partial charge in [-0.15, -0.1) is 0 Å². The number of alkyl halides is 1. The van der Waals surface area contributed by atoms with Crippen molar-refractivity contribution in [2.24, 2.45) is 7.05 Å². The van der Waals surface area contributed by atoms with Crippen LogP contribution < -0.4 is 10.1 Å². The molecule has 0 fully saturated rings. The largest absolute Gasteiger partial charge is 0.465 e. The highest BCUT2D eigenvalue weighted by atomic mass is 19.1. The number of methoxy groups -OCH3 is 1. The molecular formula is C27H25FN2O4. The van der Waals surface area contributed by atoms with Crippen molar-refractivity contribution >= 4 is 22.8 Å². The summed E-state index contributed by atoms with van der Waals surface area (Å²) in [6.45, 7) is 1.34. The summed E-state index contributed by atoms with van der Waals surface area (Å²) in [6, 6.07) is 18.9. The lowest BCUT2D eigenvalue weighted by Crippen LogP contribution is -2.26. The standard InChI is InChI=1S/C27H25FN2O4/c1-17(19-9-11-20(12-10-19)27(32)33-3)29-26(31)22-16-30(2)23-5-4-6-24(25(22)23)34-21-13-7-18(15-28)8-14-21/h4-14,16-17H,15H2,1-3H3,(H,29,31). The molecule has 0 aliphatic rings. The topological polar surface area (TPSA) is 69.6 Å². The second kappa shape index (κ2) is 9.79. The molecule has 174 valence electrons. The number of ether oxygens (including phenoxy) is 2. The van der Waals surface area contributed by atoms with E-state index in [2.05, 4.69) is 5.32 Å². The molecule has 1 heterocycles. The van der Waals surface area contributed by atoms with E-state index in [0.29, 0.717) is 33.6 Å². The van der Waals surface area contributed by atoms with Gasteiger partial charge in [-0.3, -0.25) is 4.79 Å². The summed E-state index contributed by atoms with van der Waals surface area (Å²) in [7, 11) is 3.20. The molecule has 6 nitrogen and oxygen atoms in total. The molecule has 0 saturated carbocycles. The predicted molar refractivity (Wildman–Crippen MR) is 128 cm³/mol. The molecule has 4 rings (SSSR count). The van der Waals surface area contributed by atoms with Gasteiger partial charge in [0.05, 0.1) is 35.2 Å². The smallest absolute Gasteiger partial charge is 0.337 e. The van der Waals surface area contributed by atoms with Crippen molar-refractivity contribution in [2.75, 3.05) is 7.11 Å². The third kappa shape index (κ3) is 4.64. The van der Waals surface area contributed by atoms with Crippen molar-refractivity contribution in [2.45, 2.75) is 19.6 Å². The van der Waals surface area contributed by atoms with Gasteiger partial charge in [0, 0.05) is 13.2 Å². The summed E-state index contributed by atoms with van der Waals surface area (Å²) in [5.74, 6) is 0.426. The quantitative estimate of drug-likeness (QED) is 0.358. The van der Waals surface area contributed by atoms with Crippen LogP contribution in [0.3, 0.4) is 0 Å². The zero-order chi connectivity index (χ0) is 24.2. The molecule has 1 amide bonds. The van der Waals surface area contributed by atoms with Gasteiger partial charge < -0.3 is 19.4 Å². The van der Waals surface area contributed by atoms with Gasteiger partial charge >= 0.3 is 5.97 Å². The summed E-state index contributed by atoms with van der Waals surface area (Å²) < 4.78 is 25.5. The third-order valence-electron chi connectivity index (χ3n) is 5.71. The van der Waals surface area contributed by atoms with Gasteiger partial charge in [0.25, 0.3) is 5.91 Å². The van der Waals surface area contributed by atoms with Crippen LogP contribution in [0.1, 0.15) is 44.8 Å². The number of hydrogen-bond acceptors (Lipinski definition) is 4. The molecule has 1 aromatic heterocycles. The van der Waals surface area contributed by atoms with E-state index in [4.69, 9.17) is 9.47 Å². The number of carbonyl (C=O) groups excluding carboxylic acids is 2. The Kier molecular flexibility index (Phi) is 6.63. The van der Waals surface area contributed by atoms with E-state index >= 15 is 0 Å².